The highest BCUT2D eigenvalue weighted by Crippen LogP contribution is 2.23. The molecule has 0 aromatic carbocycles. The van der Waals surface area contributed by atoms with Crippen molar-refractivity contribution in [2.45, 2.75) is 32.1 Å². The fraction of sp³-hybridized carbons (Fsp3) is 0.706. The van der Waals surface area contributed by atoms with Gasteiger partial charge in [0.25, 0.3) is 0 Å². The zero-order chi connectivity index (χ0) is 16.8. The van der Waals surface area contributed by atoms with Gasteiger partial charge in [-0.05, 0) is 37.7 Å². The molecule has 1 atom stereocenters. The molecule has 2 saturated heterocycles. The minimum Gasteiger partial charge on any atom is -0.355 e. The summed E-state index contributed by atoms with van der Waals surface area (Å²) in [6.45, 7) is 6.28. The molecule has 2 heterocycles. The Hall–Kier alpha value is -1.85. The first kappa shape index (κ1) is 17.5. The average Bonchev–Trinajstić information content (AvgIpc) is 2.59. The van der Waals surface area contributed by atoms with E-state index in [1.165, 1.54) is 6.08 Å². The predicted octanol–water partition coefficient (Wildman–Crippen LogP) is 0.786. The zero-order valence-corrected chi connectivity index (χ0v) is 13.9. The lowest BCUT2D eigenvalue weighted by molar-refractivity contribution is -0.138. The molecule has 2 rings (SSSR count). The molecule has 6 nitrogen and oxygen atoms in total. The summed E-state index contributed by atoms with van der Waals surface area (Å²) in [4.78, 5) is 38.7. The van der Waals surface area contributed by atoms with E-state index in [9.17, 15) is 14.4 Å². The number of amides is 3. The third kappa shape index (κ3) is 4.81. The molecule has 0 aliphatic carbocycles. The van der Waals surface area contributed by atoms with Crippen LogP contribution in [0.4, 0.5) is 0 Å². The Morgan fingerprint density at radius 2 is 2.04 bits per heavy atom. The van der Waals surface area contributed by atoms with Crippen LogP contribution in [-0.4, -0.2) is 60.7 Å². The first-order valence-corrected chi connectivity index (χ1v) is 8.44. The molecule has 0 spiro atoms. The van der Waals surface area contributed by atoms with Crippen molar-refractivity contribution >= 4 is 17.7 Å². The van der Waals surface area contributed by atoms with Gasteiger partial charge in [-0.2, -0.15) is 0 Å². The summed E-state index contributed by atoms with van der Waals surface area (Å²) in [5, 5.41) is 2.78. The topological polar surface area (TPSA) is 69.7 Å². The Bertz CT molecular complexity index is 460. The van der Waals surface area contributed by atoms with Crippen molar-refractivity contribution in [3.8, 4) is 0 Å². The van der Waals surface area contributed by atoms with Gasteiger partial charge in [-0.3, -0.25) is 14.4 Å². The molecular weight excluding hydrogens is 294 g/mol. The van der Waals surface area contributed by atoms with Crippen LogP contribution in [-0.2, 0) is 14.4 Å². The van der Waals surface area contributed by atoms with Crippen LogP contribution < -0.4 is 5.32 Å². The molecule has 23 heavy (non-hydrogen) atoms. The maximum atomic E-state index is 12.5. The van der Waals surface area contributed by atoms with Gasteiger partial charge in [-0.25, -0.2) is 0 Å². The van der Waals surface area contributed by atoms with E-state index in [2.05, 4.69) is 11.9 Å². The maximum absolute atomic E-state index is 12.5. The van der Waals surface area contributed by atoms with Crippen molar-refractivity contribution in [1.82, 2.24) is 15.1 Å². The molecule has 2 fully saturated rings. The normalized spacial score (nSPS) is 22.4. The lowest BCUT2D eigenvalue weighted by Gasteiger charge is -2.35. The number of hydrogen-bond acceptors (Lipinski definition) is 3. The fourth-order valence-corrected chi connectivity index (χ4v) is 3.29. The van der Waals surface area contributed by atoms with Crippen LogP contribution in [0, 0.1) is 11.8 Å². The third-order valence-corrected chi connectivity index (χ3v) is 4.96. The van der Waals surface area contributed by atoms with Crippen LogP contribution in [0.1, 0.15) is 32.1 Å². The van der Waals surface area contributed by atoms with Crippen molar-refractivity contribution in [3.63, 3.8) is 0 Å². The number of nitrogens with one attached hydrogen (secondary N) is 1. The Labute approximate surface area is 137 Å². The standard InChI is InChI=1S/C17H27N3O3/c1-3-16(22)19(2)9-6-13-7-10-20(11-8-13)17(23)14-4-5-15(21)18-12-14/h3,13-14H,1,4-12H2,2H3,(H,18,21). The van der Waals surface area contributed by atoms with E-state index in [1.54, 1.807) is 11.9 Å². The molecule has 0 saturated carbocycles. The molecular formula is C17H27N3O3. The minimum absolute atomic E-state index is 0.0445. The summed E-state index contributed by atoms with van der Waals surface area (Å²) in [5.74, 6) is 0.691. The lowest BCUT2D eigenvalue weighted by Crippen LogP contribution is -2.47. The summed E-state index contributed by atoms with van der Waals surface area (Å²) in [6.07, 6.45) is 5.40. The second kappa shape index (κ2) is 8.13. The van der Waals surface area contributed by atoms with Crippen LogP contribution >= 0.6 is 0 Å². The minimum atomic E-state index is -0.0550. The second-order valence-corrected chi connectivity index (χ2v) is 6.56. The van der Waals surface area contributed by atoms with Gasteiger partial charge in [-0.15, -0.1) is 0 Å². The van der Waals surface area contributed by atoms with Gasteiger partial charge in [0.15, 0.2) is 0 Å². The Balaban J connectivity index is 1.71. The first-order chi connectivity index (χ1) is 11.0. The van der Waals surface area contributed by atoms with Gasteiger partial charge < -0.3 is 15.1 Å². The van der Waals surface area contributed by atoms with Crippen molar-refractivity contribution in [1.29, 1.82) is 0 Å². The van der Waals surface area contributed by atoms with Crippen LogP contribution in [0.2, 0.25) is 0 Å². The van der Waals surface area contributed by atoms with E-state index in [-0.39, 0.29) is 23.6 Å². The van der Waals surface area contributed by atoms with Gasteiger partial charge >= 0.3 is 0 Å². The molecule has 6 heteroatoms. The molecule has 128 valence electrons. The average molecular weight is 321 g/mol. The molecule has 1 unspecified atom stereocenters. The largest absolute Gasteiger partial charge is 0.355 e. The van der Waals surface area contributed by atoms with Gasteiger partial charge in [0.05, 0.1) is 5.92 Å². The fourth-order valence-electron chi connectivity index (χ4n) is 3.29. The van der Waals surface area contributed by atoms with Crippen LogP contribution in [0.15, 0.2) is 12.7 Å². The van der Waals surface area contributed by atoms with E-state index in [1.807, 2.05) is 4.90 Å². The van der Waals surface area contributed by atoms with E-state index >= 15 is 0 Å². The SMILES string of the molecule is C=CC(=O)N(C)CCC1CCN(C(=O)C2CCC(=O)NC2)CC1. The third-order valence-electron chi connectivity index (χ3n) is 4.96. The summed E-state index contributed by atoms with van der Waals surface area (Å²) in [5.41, 5.74) is 0. The summed E-state index contributed by atoms with van der Waals surface area (Å²) in [7, 11) is 1.79. The predicted molar refractivity (Wildman–Crippen MR) is 87.5 cm³/mol. The summed E-state index contributed by atoms with van der Waals surface area (Å²) >= 11 is 0. The van der Waals surface area contributed by atoms with Crippen LogP contribution in [0.25, 0.3) is 0 Å². The van der Waals surface area contributed by atoms with Crippen molar-refractivity contribution in [2.75, 3.05) is 33.2 Å². The number of piperidine rings is 2. The molecule has 3 amide bonds. The second-order valence-electron chi connectivity index (χ2n) is 6.56. The van der Waals surface area contributed by atoms with Crippen LogP contribution in [0.3, 0.4) is 0 Å². The van der Waals surface area contributed by atoms with Crippen LogP contribution in [0.5, 0.6) is 0 Å². The highest BCUT2D eigenvalue weighted by molar-refractivity contribution is 5.86. The molecule has 2 aliphatic heterocycles. The molecule has 0 bridgehead atoms. The van der Waals surface area contributed by atoms with Gasteiger partial charge in [0, 0.05) is 39.6 Å². The molecule has 0 radical (unpaired) electrons. The number of likely N-dealkylation sites (tertiary alicyclic amines) is 1. The van der Waals surface area contributed by atoms with E-state index in [4.69, 9.17) is 0 Å². The van der Waals surface area contributed by atoms with E-state index in [0.29, 0.717) is 25.3 Å². The lowest BCUT2D eigenvalue weighted by atomic mass is 9.91. The van der Waals surface area contributed by atoms with Gasteiger partial charge in [-0.1, -0.05) is 6.58 Å². The monoisotopic (exact) mass is 321 g/mol. The Morgan fingerprint density at radius 1 is 1.35 bits per heavy atom. The Kier molecular flexibility index (Phi) is 6.19. The highest BCUT2D eigenvalue weighted by atomic mass is 16.2. The van der Waals surface area contributed by atoms with Crippen molar-refractivity contribution in [2.24, 2.45) is 11.8 Å². The van der Waals surface area contributed by atoms with Gasteiger partial charge in [0.2, 0.25) is 17.7 Å². The Morgan fingerprint density at radius 3 is 2.61 bits per heavy atom. The molecule has 1 N–H and O–H groups in total. The highest BCUT2D eigenvalue weighted by Gasteiger charge is 2.30. The van der Waals surface area contributed by atoms with Crippen molar-refractivity contribution < 1.29 is 14.4 Å². The quantitative estimate of drug-likeness (QED) is 0.761. The van der Waals surface area contributed by atoms with E-state index in [0.717, 1.165) is 38.9 Å². The number of likely N-dealkylation sites (N-methyl/N-ethyl adjacent to an activating group) is 1. The smallest absolute Gasteiger partial charge is 0.245 e. The zero-order valence-electron chi connectivity index (χ0n) is 13.9. The number of carbonyl (C=O) groups excluding carboxylic acids is 3. The number of nitrogens with zero attached hydrogens (tertiary/aromatic N) is 2. The number of rotatable bonds is 5. The molecule has 0 aromatic rings. The van der Waals surface area contributed by atoms with Gasteiger partial charge in [0.1, 0.15) is 0 Å². The molecule has 2 aliphatic rings. The summed E-state index contributed by atoms with van der Waals surface area (Å²) < 4.78 is 0. The number of hydrogen-bond donors (Lipinski definition) is 1. The number of carbonyl (C=O) groups is 3. The first-order valence-electron chi connectivity index (χ1n) is 8.44. The van der Waals surface area contributed by atoms with Crippen molar-refractivity contribution in [3.05, 3.63) is 12.7 Å². The molecule has 0 aromatic heterocycles. The maximum Gasteiger partial charge on any atom is 0.245 e. The van der Waals surface area contributed by atoms with E-state index < -0.39 is 0 Å². The summed E-state index contributed by atoms with van der Waals surface area (Å²) in [6, 6.07) is 0.